The molecule has 4 heteroatoms. The Labute approximate surface area is 127 Å². The summed E-state index contributed by atoms with van der Waals surface area (Å²) in [5, 5.41) is 0. The highest BCUT2D eigenvalue weighted by atomic mass is 16.5. The van der Waals surface area contributed by atoms with Gasteiger partial charge < -0.3 is 9.47 Å². The fourth-order valence-corrected chi connectivity index (χ4v) is 2.91. The first kappa shape index (κ1) is 15.8. The number of hydrogen-bond donors (Lipinski definition) is 0. The number of carbonyl (C=O) groups is 1. The summed E-state index contributed by atoms with van der Waals surface area (Å²) in [7, 11) is 0. The number of nitrogens with zero attached hydrogens (tertiary/aromatic N) is 1. The van der Waals surface area contributed by atoms with Crippen molar-refractivity contribution in [2.45, 2.75) is 39.7 Å². The first-order valence-corrected chi connectivity index (χ1v) is 7.84. The lowest BCUT2D eigenvalue weighted by atomic mass is 9.98. The van der Waals surface area contributed by atoms with Gasteiger partial charge in [0.05, 0.1) is 19.6 Å². The number of ether oxygens (including phenoxy) is 2. The number of carbonyl (C=O) groups excluding carboxylic acids is 1. The zero-order chi connectivity index (χ0) is 15.2. The number of benzene rings is 1. The molecule has 1 heterocycles. The van der Waals surface area contributed by atoms with Crippen molar-refractivity contribution in [3.05, 3.63) is 29.3 Å². The molecule has 2 rings (SSSR count). The molecule has 0 N–H and O–H groups in total. The van der Waals surface area contributed by atoms with E-state index in [1.807, 2.05) is 13.0 Å². The van der Waals surface area contributed by atoms with Gasteiger partial charge in [0, 0.05) is 12.5 Å². The van der Waals surface area contributed by atoms with E-state index in [1.165, 1.54) is 11.1 Å². The van der Waals surface area contributed by atoms with Gasteiger partial charge in [0.25, 0.3) is 0 Å². The summed E-state index contributed by atoms with van der Waals surface area (Å²) in [5.41, 5.74) is 2.42. The summed E-state index contributed by atoms with van der Waals surface area (Å²) in [6.07, 6.45) is 1.35. The van der Waals surface area contributed by atoms with Crippen LogP contribution in [0.3, 0.4) is 0 Å². The predicted octanol–water partition coefficient (Wildman–Crippen LogP) is 2.96. The van der Waals surface area contributed by atoms with Crippen molar-refractivity contribution in [3.63, 3.8) is 0 Å². The van der Waals surface area contributed by atoms with Gasteiger partial charge in [0.2, 0.25) is 0 Å². The van der Waals surface area contributed by atoms with E-state index in [1.54, 1.807) is 0 Å². The lowest BCUT2D eigenvalue weighted by molar-refractivity contribution is -0.144. The third-order valence-corrected chi connectivity index (χ3v) is 4.02. The molecular weight excluding hydrogens is 266 g/mol. The molecule has 0 fully saturated rings. The summed E-state index contributed by atoms with van der Waals surface area (Å²) in [5.74, 6) is 0.847. The van der Waals surface area contributed by atoms with Gasteiger partial charge in [-0.3, -0.25) is 9.69 Å². The van der Waals surface area contributed by atoms with Crippen molar-refractivity contribution < 1.29 is 14.3 Å². The summed E-state index contributed by atoms with van der Waals surface area (Å²) in [6, 6.07) is 6.36. The first-order valence-electron chi connectivity index (χ1n) is 7.84. The SMILES string of the molecule is CCOC(=O)CC(c1ccc2c(c1)CCO2)N(CC)CC. The Morgan fingerprint density at radius 1 is 1.33 bits per heavy atom. The Hall–Kier alpha value is -1.55. The van der Waals surface area contributed by atoms with Crippen molar-refractivity contribution in [2.24, 2.45) is 0 Å². The summed E-state index contributed by atoms with van der Waals surface area (Å²) < 4.78 is 10.7. The third kappa shape index (κ3) is 3.76. The zero-order valence-corrected chi connectivity index (χ0v) is 13.2. The van der Waals surface area contributed by atoms with E-state index in [0.29, 0.717) is 13.0 Å². The second-order valence-corrected chi connectivity index (χ2v) is 5.21. The van der Waals surface area contributed by atoms with E-state index in [4.69, 9.17) is 9.47 Å². The maximum atomic E-state index is 11.9. The van der Waals surface area contributed by atoms with Gasteiger partial charge in [-0.15, -0.1) is 0 Å². The molecule has 116 valence electrons. The van der Waals surface area contributed by atoms with Gasteiger partial charge >= 0.3 is 5.97 Å². The molecule has 0 aliphatic carbocycles. The van der Waals surface area contributed by atoms with Crippen molar-refractivity contribution in [1.82, 2.24) is 4.90 Å². The van der Waals surface area contributed by atoms with E-state index in [-0.39, 0.29) is 12.0 Å². The van der Waals surface area contributed by atoms with E-state index < -0.39 is 0 Å². The smallest absolute Gasteiger partial charge is 0.307 e. The van der Waals surface area contributed by atoms with E-state index in [0.717, 1.165) is 31.9 Å². The Morgan fingerprint density at radius 2 is 2.10 bits per heavy atom. The van der Waals surface area contributed by atoms with Crippen LogP contribution in [0.2, 0.25) is 0 Å². The van der Waals surface area contributed by atoms with E-state index in [9.17, 15) is 4.79 Å². The summed E-state index contributed by atoms with van der Waals surface area (Å²) in [6.45, 7) is 9.10. The largest absolute Gasteiger partial charge is 0.493 e. The molecule has 4 nitrogen and oxygen atoms in total. The quantitative estimate of drug-likeness (QED) is 0.724. The number of hydrogen-bond acceptors (Lipinski definition) is 4. The minimum Gasteiger partial charge on any atom is -0.493 e. The van der Waals surface area contributed by atoms with Gasteiger partial charge in [-0.1, -0.05) is 26.0 Å². The van der Waals surface area contributed by atoms with Crippen LogP contribution in [0.4, 0.5) is 0 Å². The number of rotatable bonds is 7. The zero-order valence-electron chi connectivity index (χ0n) is 13.2. The molecule has 0 spiro atoms. The molecule has 21 heavy (non-hydrogen) atoms. The standard InChI is InChI=1S/C17H25NO3/c1-4-18(5-2)15(12-17(19)20-6-3)13-7-8-16-14(11-13)9-10-21-16/h7-8,11,15H,4-6,9-10,12H2,1-3H3. The highest BCUT2D eigenvalue weighted by molar-refractivity contribution is 5.70. The lowest BCUT2D eigenvalue weighted by Crippen LogP contribution is -2.30. The molecule has 1 aromatic rings. The molecule has 1 aliphatic heterocycles. The van der Waals surface area contributed by atoms with Crippen LogP contribution in [0, 0.1) is 0 Å². The van der Waals surface area contributed by atoms with E-state index in [2.05, 4.69) is 30.9 Å². The normalized spacial score (nSPS) is 14.7. The molecule has 0 radical (unpaired) electrons. The first-order chi connectivity index (χ1) is 10.2. The van der Waals surface area contributed by atoms with Crippen LogP contribution in [-0.4, -0.2) is 37.2 Å². The minimum atomic E-state index is -0.133. The molecule has 0 aromatic heterocycles. The fourth-order valence-electron chi connectivity index (χ4n) is 2.91. The summed E-state index contributed by atoms with van der Waals surface area (Å²) >= 11 is 0. The average molecular weight is 291 g/mol. The Balaban J connectivity index is 2.23. The van der Waals surface area contributed by atoms with Crippen LogP contribution in [0.1, 0.15) is 44.4 Å². The van der Waals surface area contributed by atoms with Crippen molar-refractivity contribution >= 4 is 5.97 Å². The predicted molar refractivity (Wildman–Crippen MR) is 82.6 cm³/mol. The molecule has 0 bridgehead atoms. The molecule has 1 aromatic carbocycles. The molecule has 0 saturated heterocycles. The van der Waals surface area contributed by atoms with Crippen molar-refractivity contribution in [3.8, 4) is 5.75 Å². The fraction of sp³-hybridized carbons (Fsp3) is 0.588. The van der Waals surface area contributed by atoms with Crippen molar-refractivity contribution in [2.75, 3.05) is 26.3 Å². The van der Waals surface area contributed by atoms with Crippen LogP contribution in [0.15, 0.2) is 18.2 Å². The monoisotopic (exact) mass is 291 g/mol. The van der Waals surface area contributed by atoms with Gasteiger partial charge in [0.15, 0.2) is 0 Å². The minimum absolute atomic E-state index is 0.0740. The maximum absolute atomic E-state index is 11.9. The molecule has 1 aliphatic rings. The molecule has 0 saturated carbocycles. The van der Waals surface area contributed by atoms with Gasteiger partial charge in [-0.2, -0.15) is 0 Å². The number of esters is 1. The Morgan fingerprint density at radius 3 is 2.76 bits per heavy atom. The highest BCUT2D eigenvalue weighted by Gasteiger charge is 2.24. The van der Waals surface area contributed by atoms with E-state index >= 15 is 0 Å². The van der Waals surface area contributed by atoms with Crippen LogP contribution < -0.4 is 4.74 Å². The second-order valence-electron chi connectivity index (χ2n) is 5.21. The second kappa shape index (κ2) is 7.46. The Kier molecular flexibility index (Phi) is 5.62. The Bertz CT molecular complexity index is 483. The lowest BCUT2D eigenvalue weighted by Gasteiger charge is -2.29. The third-order valence-electron chi connectivity index (χ3n) is 4.02. The summed E-state index contributed by atoms with van der Waals surface area (Å²) in [4.78, 5) is 14.2. The van der Waals surface area contributed by atoms with Gasteiger partial charge in [-0.05, 0) is 37.2 Å². The molecule has 1 unspecified atom stereocenters. The average Bonchev–Trinajstić information content (AvgIpc) is 2.95. The van der Waals surface area contributed by atoms with Crippen molar-refractivity contribution in [1.29, 1.82) is 0 Å². The van der Waals surface area contributed by atoms with Crippen LogP contribution in [0.5, 0.6) is 5.75 Å². The highest BCUT2D eigenvalue weighted by Crippen LogP contribution is 2.31. The van der Waals surface area contributed by atoms with Crippen LogP contribution in [-0.2, 0) is 16.0 Å². The topological polar surface area (TPSA) is 38.8 Å². The van der Waals surface area contributed by atoms with Crippen LogP contribution >= 0.6 is 0 Å². The molecule has 0 amide bonds. The van der Waals surface area contributed by atoms with Gasteiger partial charge in [0.1, 0.15) is 5.75 Å². The number of fused-ring (bicyclic) bond motifs is 1. The maximum Gasteiger partial charge on any atom is 0.307 e. The van der Waals surface area contributed by atoms with Crippen LogP contribution in [0.25, 0.3) is 0 Å². The molecule has 1 atom stereocenters. The van der Waals surface area contributed by atoms with Gasteiger partial charge in [-0.25, -0.2) is 0 Å². The molecular formula is C17H25NO3.